The molecule has 0 fully saturated rings. The highest BCUT2D eigenvalue weighted by Gasteiger charge is 2.37. The lowest BCUT2D eigenvalue weighted by Crippen LogP contribution is -2.42. The van der Waals surface area contributed by atoms with Gasteiger partial charge in [-0.2, -0.15) is 0 Å². The van der Waals surface area contributed by atoms with Crippen molar-refractivity contribution in [3.63, 3.8) is 0 Å². The van der Waals surface area contributed by atoms with Crippen LogP contribution >= 0.6 is 0 Å². The summed E-state index contributed by atoms with van der Waals surface area (Å²) in [5.74, 6) is -3.79. The second-order valence-corrected chi connectivity index (χ2v) is 11.5. The Balaban J connectivity index is 3.52. The zero-order valence-electron chi connectivity index (χ0n) is 25.4. The van der Waals surface area contributed by atoms with Crippen molar-refractivity contribution in [2.75, 3.05) is 6.61 Å². The zero-order valence-corrected chi connectivity index (χ0v) is 25.4. The lowest BCUT2D eigenvalue weighted by molar-refractivity contribution is -0.147. The average Bonchev–Trinajstić information content (AvgIpc) is 2.89. The summed E-state index contributed by atoms with van der Waals surface area (Å²) < 4.78 is 21.9. The van der Waals surface area contributed by atoms with Crippen LogP contribution in [0.25, 0.3) is 0 Å². The molecule has 10 heteroatoms. The van der Waals surface area contributed by atoms with E-state index in [2.05, 4.69) is 0 Å². The van der Waals surface area contributed by atoms with E-state index in [0.29, 0.717) is 24.8 Å². The Bertz CT molecular complexity index is 1030. The summed E-state index contributed by atoms with van der Waals surface area (Å²) in [5, 5.41) is 9.80. The van der Waals surface area contributed by atoms with Crippen LogP contribution in [0.15, 0.2) is 18.2 Å². The number of ether oxygens (including phenoxy) is 4. The van der Waals surface area contributed by atoms with Gasteiger partial charge in [0, 0.05) is 11.8 Å². The van der Waals surface area contributed by atoms with Crippen molar-refractivity contribution in [2.45, 2.75) is 106 Å². The molecule has 1 rings (SSSR count). The van der Waals surface area contributed by atoms with Crippen molar-refractivity contribution in [3.05, 3.63) is 23.8 Å². The van der Waals surface area contributed by atoms with E-state index in [4.69, 9.17) is 24.7 Å². The van der Waals surface area contributed by atoms with Crippen LogP contribution < -0.4 is 15.2 Å². The van der Waals surface area contributed by atoms with Gasteiger partial charge in [-0.05, 0) is 71.6 Å². The van der Waals surface area contributed by atoms with E-state index in [1.165, 1.54) is 12.1 Å². The fourth-order valence-electron chi connectivity index (χ4n) is 3.54. The van der Waals surface area contributed by atoms with Crippen LogP contribution in [-0.4, -0.2) is 47.9 Å². The molecule has 0 amide bonds. The predicted molar refractivity (Wildman–Crippen MR) is 150 cm³/mol. The molecule has 0 saturated heterocycles. The summed E-state index contributed by atoms with van der Waals surface area (Å²) in [4.78, 5) is 50.0. The number of aliphatic carboxylic acids is 1. The number of unbranched alkanes of at least 4 members (excludes halogenated alkanes) is 1. The SMILES string of the molecule is CCCCOC(=O)OC(C)C(C)C(c1ccc(OC(=O)C(C)(C)CC)c(OC(=O)C(C)(C)CC)c1)[C@H](N)C(=O)O. The van der Waals surface area contributed by atoms with Gasteiger partial charge < -0.3 is 29.8 Å². The first kappa shape index (κ1) is 34.9. The molecule has 0 radical (unpaired) electrons. The number of rotatable bonds is 15. The Kier molecular flexibility index (Phi) is 13.1. The first-order chi connectivity index (χ1) is 18.5. The first-order valence-electron chi connectivity index (χ1n) is 13.9. The number of esters is 2. The molecule has 1 aromatic carbocycles. The van der Waals surface area contributed by atoms with E-state index in [1.807, 2.05) is 20.8 Å². The van der Waals surface area contributed by atoms with Gasteiger partial charge in [-0.1, -0.05) is 40.2 Å². The Hall–Kier alpha value is -3.14. The molecule has 0 saturated carbocycles. The number of nitrogens with two attached hydrogens (primary N) is 1. The van der Waals surface area contributed by atoms with Crippen LogP contribution in [0.1, 0.15) is 99.5 Å². The zero-order chi connectivity index (χ0) is 30.8. The second-order valence-electron chi connectivity index (χ2n) is 11.5. The highest BCUT2D eigenvalue weighted by molar-refractivity contribution is 5.81. The van der Waals surface area contributed by atoms with Crippen LogP contribution in [0.5, 0.6) is 11.5 Å². The van der Waals surface area contributed by atoms with Gasteiger partial charge >= 0.3 is 24.1 Å². The molecule has 0 aliphatic rings. The molecule has 0 aliphatic heterocycles. The van der Waals surface area contributed by atoms with Crippen molar-refractivity contribution in [1.82, 2.24) is 0 Å². The topological polar surface area (TPSA) is 151 Å². The molecule has 0 aliphatic carbocycles. The van der Waals surface area contributed by atoms with Crippen molar-refractivity contribution in [2.24, 2.45) is 22.5 Å². The molecule has 0 bridgehead atoms. The number of benzene rings is 1. The first-order valence-corrected chi connectivity index (χ1v) is 13.9. The van der Waals surface area contributed by atoms with Gasteiger partial charge in [0.05, 0.1) is 17.4 Å². The van der Waals surface area contributed by atoms with Crippen LogP contribution in [0.4, 0.5) is 4.79 Å². The molecule has 1 aromatic rings. The highest BCUT2D eigenvalue weighted by atomic mass is 16.7. The summed E-state index contributed by atoms with van der Waals surface area (Å²) in [5.41, 5.74) is 4.92. The monoisotopic (exact) mass is 565 g/mol. The van der Waals surface area contributed by atoms with Gasteiger partial charge in [-0.25, -0.2) is 4.79 Å². The number of carbonyl (C=O) groups excluding carboxylic acids is 3. The van der Waals surface area contributed by atoms with Crippen molar-refractivity contribution < 1.29 is 43.2 Å². The van der Waals surface area contributed by atoms with Crippen LogP contribution in [0.2, 0.25) is 0 Å². The van der Waals surface area contributed by atoms with Gasteiger partial charge in [0.25, 0.3) is 0 Å². The van der Waals surface area contributed by atoms with Crippen LogP contribution in [-0.2, 0) is 23.9 Å². The third-order valence-corrected chi connectivity index (χ3v) is 7.61. The van der Waals surface area contributed by atoms with Crippen LogP contribution in [0, 0.1) is 16.7 Å². The number of hydrogen-bond donors (Lipinski definition) is 2. The average molecular weight is 566 g/mol. The van der Waals surface area contributed by atoms with E-state index in [9.17, 15) is 24.3 Å². The molecule has 10 nitrogen and oxygen atoms in total. The summed E-state index contributed by atoms with van der Waals surface area (Å²) in [6.45, 7) is 16.2. The molecule has 0 spiro atoms. The number of hydrogen-bond acceptors (Lipinski definition) is 9. The van der Waals surface area contributed by atoms with Crippen LogP contribution in [0.3, 0.4) is 0 Å². The number of carbonyl (C=O) groups is 4. The van der Waals surface area contributed by atoms with Gasteiger partial charge in [-0.15, -0.1) is 0 Å². The summed E-state index contributed by atoms with van der Waals surface area (Å²) >= 11 is 0. The van der Waals surface area contributed by atoms with Crippen molar-refractivity contribution in [1.29, 1.82) is 0 Å². The fourth-order valence-corrected chi connectivity index (χ4v) is 3.54. The number of carboxylic acids is 1. The van der Waals surface area contributed by atoms with E-state index >= 15 is 0 Å². The third-order valence-electron chi connectivity index (χ3n) is 7.61. The minimum absolute atomic E-state index is 0.0228. The lowest BCUT2D eigenvalue weighted by atomic mass is 9.79. The summed E-state index contributed by atoms with van der Waals surface area (Å²) in [6, 6.07) is 3.10. The van der Waals surface area contributed by atoms with E-state index in [1.54, 1.807) is 47.6 Å². The van der Waals surface area contributed by atoms with Gasteiger partial charge in [0.15, 0.2) is 11.5 Å². The second kappa shape index (κ2) is 15.0. The Morgan fingerprint density at radius 3 is 1.90 bits per heavy atom. The molecule has 40 heavy (non-hydrogen) atoms. The molecule has 0 aromatic heterocycles. The normalized spacial score (nSPS) is 14.8. The molecule has 0 heterocycles. The Morgan fingerprint density at radius 2 is 1.43 bits per heavy atom. The van der Waals surface area contributed by atoms with Gasteiger partial charge in [-0.3, -0.25) is 14.4 Å². The molecule has 3 unspecified atom stereocenters. The smallest absolute Gasteiger partial charge is 0.480 e. The fraction of sp³-hybridized carbons (Fsp3) is 0.667. The van der Waals surface area contributed by atoms with Gasteiger partial charge in [0.2, 0.25) is 0 Å². The maximum absolute atomic E-state index is 13.0. The minimum Gasteiger partial charge on any atom is -0.480 e. The molecule has 4 atom stereocenters. The summed E-state index contributed by atoms with van der Waals surface area (Å²) in [7, 11) is 0. The van der Waals surface area contributed by atoms with E-state index < -0.39 is 58.9 Å². The number of carboxylic acid groups (broad SMARTS) is 1. The lowest BCUT2D eigenvalue weighted by Gasteiger charge is -2.32. The standard InChI is InChI=1S/C30H47NO9/c1-10-13-16-37-28(36)38-19(5)18(4)23(24(31)25(32)33)20-14-15-21(39-26(34)29(6,7)11-2)22(17-20)40-27(35)30(8,9)12-3/h14-15,17-19,23-24H,10-13,16,31H2,1-9H3,(H,32,33)/t18?,19?,23?,24-/m0/s1. The Morgan fingerprint density at radius 1 is 0.900 bits per heavy atom. The molecule has 3 N–H and O–H groups in total. The molecular weight excluding hydrogens is 518 g/mol. The molecular formula is C30H47NO9. The molecule has 226 valence electrons. The quantitative estimate of drug-likeness (QED) is 0.151. The summed E-state index contributed by atoms with van der Waals surface area (Å²) in [6.07, 6.45) is 0.932. The Labute approximate surface area is 237 Å². The maximum Gasteiger partial charge on any atom is 0.508 e. The third kappa shape index (κ3) is 9.50. The predicted octanol–water partition coefficient (Wildman–Crippen LogP) is 5.84. The highest BCUT2D eigenvalue weighted by Crippen LogP contribution is 2.39. The van der Waals surface area contributed by atoms with Crippen molar-refractivity contribution >= 4 is 24.1 Å². The van der Waals surface area contributed by atoms with E-state index in [-0.39, 0.29) is 18.1 Å². The van der Waals surface area contributed by atoms with Gasteiger partial charge in [0.1, 0.15) is 12.1 Å². The van der Waals surface area contributed by atoms with Crippen molar-refractivity contribution in [3.8, 4) is 11.5 Å². The van der Waals surface area contributed by atoms with E-state index in [0.717, 1.165) is 6.42 Å². The maximum atomic E-state index is 13.0. The minimum atomic E-state index is -1.39. The largest absolute Gasteiger partial charge is 0.508 e.